The van der Waals surface area contributed by atoms with Gasteiger partial charge in [-0.15, -0.1) is 0 Å². The van der Waals surface area contributed by atoms with Crippen molar-refractivity contribution in [3.8, 4) is 11.5 Å². The zero-order valence-electron chi connectivity index (χ0n) is 18.1. The number of halogens is 5. The minimum Gasteiger partial charge on any atom is -0.507 e. The molecule has 174 valence electrons. The zero-order chi connectivity index (χ0) is 24.5. The summed E-state index contributed by atoms with van der Waals surface area (Å²) in [5.74, 6) is -3.19. The summed E-state index contributed by atoms with van der Waals surface area (Å²) in [6, 6.07) is 7.67. The van der Waals surface area contributed by atoms with E-state index in [0.29, 0.717) is 29.2 Å². The molecule has 0 saturated heterocycles. The average molecular weight is 463 g/mol. The predicted octanol–water partition coefficient (Wildman–Crippen LogP) is 7.27. The molecular weight excluding hydrogens is 441 g/mol. The number of rotatable bonds is 4. The van der Waals surface area contributed by atoms with Crippen LogP contribution in [0.2, 0.25) is 0 Å². The van der Waals surface area contributed by atoms with Gasteiger partial charge in [0.05, 0.1) is 11.3 Å². The molecule has 1 heterocycles. The Labute approximate surface area is 188 Å². The van der Waals surface area contributed by atoms with Crippen LogP contribution in [0.4, 0.5) is 22.0 Å². The van der Waals surface area contributed by atoms with Gasteiger partial charge in [0.15, 0.2) is 11.6 Å². The van der Waals surface area contributed by atoms with E-state index in [0.717, 1.165) is 23.2 Å². The molecule has 0 amide bonds. The monoisotopic (exact) mass is 463 g/mol. The number of hydrogen-bond acceptors (Lipinski definition) is 3. The highest BCUT2D eigenvalue weighted by atomic mass is 19.4. The summed E-state index contributed by atoms with van der Waals surface area (Å²) in [6.07, 6.45) is -1.44. The largest absolute Gasteiger partial charge is 0.507 e. The molecule has 0 spiro atoms. The lowest BCUT2D eigenvalue weighted by molar-refractivity contribution is -0.0891. The second kappa shape index (κ2) is 9.13. The lowest BCUT2D eigenvalue weighted by atomic mass is 9.97. The minimum absolute atomic E-state index is 0.00395. The lowest BCUT2D eigenvalue weighted by Gasteiger charge is -2.32. The second-order valence-electron chi connectivity index (χ2n) is 7.58. The van der Waals surface area contributed by atoms with Crippen LogP contribution in [-0.2, 0) is 0 Å². The van der Waals surface area contributed by atoms with Gasteiger partial charge >= 0.3 is 6.18 Å². The van der Waals surface area contributed by atoms with Crippen LogP contribution in [0, 0.1) is 11.6 Å². The number of alkyl halides is 3. The Hall–Kier alpha value is -3.55. The van der Waals surface area contributed by atoms with Gasteiger partial charge in [0.2, 0.25) is 0 Å². The molecule has 8 heteroatoms. The van der Waals surface area contributed by atoms with E-state index in [2.05, 4.69) is 0 Å². The molecule has 33 heavy (non-hydrogen) atoms. The van der Waals surface area contributed by atoms with Crippen molar-refractivity contribution in [1.82, 2.24) is 4.90 Å². The van der Waals surface area contributed by atoms with Crippen LogP contribution < -0.4 is 0 Å². The average Bonchev–Trinajstić information content (AvgIpc) is 2.76. The van der Waals surface area contributed by atoms with Gasteiger partial charge in [-0.05, 0) is 55.7 Å². The molecule has 3 nitrogen and oxygen atoms in total. The highest BCUT2D eigenvalue weighted by Gasteiger charge is 2.36. The molecule has 2 N–H and O–H groups in total. The maximum Gasteiger partial charge on any atom is 0.417 e. The van der Waals surface area contributed by atoms with Crippen LogP contribution in [0.5, 0.6) is 11.5 Å². The van der Waals surface area contributed by atoms with Gasteiger partial charge in [-0.1, -0.05) is 25.1 Å². The molecule has 3 rings (SSSR count). The van der Waals surface area contributed by atoms with E-state index in [4.69, 9.17) is 0 Å². The van der Waals surface area contributed by atoms with Gasteiger partial charge in [0.25, 0.3) is 0 Å². The van der Waals surface area contributed by atoms with Gasteiger partial charge in [0.1, 0.15) is 11.6 Å². The Kier molecular flexibility index (Phi) is 6.67. The van der Waals surface area contributed by atoms with Crippen molar-refractivity contribution in [2.45, 2.75) is 33.4 Å². The third-order valence-corrected chi connectivity index (χ3v) is 5.43. The van der Waals surface area contributed by atoms with Gasteiger partial charge in [-0.3, -0.25) is 0 Å². The summed E-state index contributed by atoms with van der Waals surface area (Å²) in [6.45, 7) is 4.94. The fraction of sp³-hybridized carbons (Fsp3) is 0.200. The number of hydrogen-bond donors (Lipinski definition) is 2. The third-order valence-electron chi connectivity index (χ3n) is 5.43. The van der Waals surface area contributed by atoms with Crippen LogP contribution in [0.15, 0.2) is 71.6 Å². The molecule has 1 aliphatic heterocycles. The number of para-hydroxylation sites is 1. The van der Waals surface area contributed by atoms with Crippen molar-refractivity contribution in [1.29, 1.82) is 0 Å². The van der Waals surface area contributed by atoms with E-state index in [9.17, 15) is 32.2 Å². The number of aromatic hydroxyl groups is 2. The van der Waals surface area contributed by atoms with Crippen molar-refractivity contribution < 1.29 is 32.2 Å². The van der Waals surface area contributed by atoms with E-state index in [-0.39, 0.29) is 22.7 Å². The molecular formula is C25H22F5NO2. The van der Waals surface area contributed by atoms with E-state index < -0.39 is 29.1 Å². The molecule has 0 unspecified atom stereocenters. The first kappa shape index (κ1) is 24.1. The van der Waals surface area contributed by atoms with Gasteiger partial charge in [-0.2, -0.15) is 13.2 Å². The van der Waals surface area contributed by atoms with E-state index in [1.165, 1.54) is 12.1 Å². The Morgan fingerprint density at radius 1 is 0.970 bits per heavy atom. The molecule has 0 saturated carbocycles. The van der Waals surface area contributed by atoms with Crippen molar-refractivity contribution in [2.24, 2.45) is 0 Å². The number of phenols is 2. The standard InChI is InChI=1S/C25H22F5NO2/c1-4-14(2)23(19-11-17(26)12-20(27)24(19)33)31-13-16(25(28,29)30)9-10-21(31)15(3)18-7-5-6-8-22(18)32/h5-13,32-33H,4H2,1-3H3/b21-15+,23-14+. The van der Waals surface area contributed by atoms with E-state index in [1.807, 2.05) is 0 Å². The molecule has 0 radical (unpaired) electrons. The molecule has 0 bridgehead atoms. The molecule has 0 aromatic heterocycles. The van der Waals surface area contributed by atoms with Gasteiger partial charge < -0.3 is 15.1 Å². The molecule has 2 aromatic rings. The first-order chi connectivity index (χ1) is 15.5. The van der Waals surface area contributed by atoms with Gasteiger partial charge in [0, 0.05) is 29.1 Å². The third kappa shape index (κ3) is 4.79. The van der Waals surface area contributed by atoms with Crippen LogP contribution in [0.3, 0.4) is 0 Å². The SMILES string of the molecule is CC/C(C)=C(\c1cc(F)cc(F)c1O)N1C=C(C(F)(F)F)C=C/C1=C(/C)c1ccccc1O. The summed E-state index contributed by atoms with van der Waals surface area (Å²) >= 11 is 0. The lowest BCUT2D eigenvalue weighted by Crippen LogP contribution is -2.24. The van der Waals surface area contributed by atoms with Crippen molar-refractivity contribution >= 4 is 11.3 Å². The highest BCUT2D eigenvalue weighted by molar-refractivity contribution is 5.80. The number of nitrogens with zero attached hydrogens (tertiary/aromatic N) is 1. The normalized spacial score (nSPS) is 16.5. The Morgan fingerprint density at radius 3 is 2.24 bits per heavy atom. The van der Waals surface area contributed by atoms with E-state index in [1.54, 1.807) is 39.0 Å². The Morgan fingerprint density at radius 2 is 1.64 bits per heavy atom. The minimum atomic E-state index is -4.69. The van der Waals surface area contributed by atoms with Gasteiger partial charge in [-0.25, -0.2) is 8.78 Å². The number of benzene rings is 2. The smallest absolute Gasteiger partial charge is 0.417 e. The molecule has 2 aromatic carbocycles. The van der Waals surface area contributed by atoms with Crippen LogP contribution in [-0.4, -0.2) is 21.3 Å². The first-order valence-corrected chi connectivity index (χ1v) is 10.1. The van der Waals surface area contributed by atoms with Crippen molar-refractivity contribution in [3.05, 3.63) is 94.4 Å². The maximum atomic E-state index is 14.2. The maximum absolute atomic E-state index is 14.2. The molecule has 1 aliphatic rings. The Bertz CT molecular complexity index is 1210. The number of phenolic OH excluding ortho intramolecular Hbond substituents is 2. The van der Waals surface area contributed by atoms with Crippen molar-refractivity contribution in [3.63, 3.8) is 0 Å². The Balaban J connectivity index is 2.37. The van der Waals surface area contributed by atoms with Crippen molar-refractivity contribution in [2.75, 3.05) is 0 Å². The molecule has 0 atom stereocenters. The predicted molar refractivity (Wildman–Crippen MR) is 117 cm³/mol. The summed E-state index contributed by atoms with van der Waals surface area (Å²) in [5, 5.41) is 20.6. The second-order valence-corrected chi connectivity index (χ2v) is 7.58. The van der Waals surface area contributed by atoms with Crippen LogP contribution in [0.1, 0.15) is 38.3 Å². The summed E-state index contributed by atoms with van der Waals surface area (Å²) < 4.78 is 69.1. The molecule has 0 aliphatic carbocycles. The fourth-order valence-corrected chi connectivity index (χ4v) is 3.57. The first-order valence-electron chi connectivity index (χ1n) is 10.1. The van der Waals surface area contributed by atoms with Crippen LogP contribution in [0.25, 0.3) is 11.3 Å². The fourth-order valence-electron chi connectivity index (χ4n) is 3.57. The molecule has 0 fully saturated rings. The topological polar surface area (TPSA) is 43.7 Å². The highest BCUT2D eigenvalue weighted by Crippen LogP contribution is 2.42. The summed E-state index contributed by atoms with van der Waals surface area (Å²) in [7, 11) is 0. The quantitative estimate of drug-likeness (QED) is 0.469. The van der Waals surface area contributed by atoms with E-state index >= 15 is 0 Å². The summed E-state index contributed by atoms with van der Waals surface area (Å²) in [5.41, 5.74) is 0.219. The zero-order valence-corrected chi connectivity index (χ0v) is 18.1. The number of allylic oxidation sites excluding steroid dienone is 5. The summed E-state index contributed by atoms with van der Waals surface area (Å²) in [4.78, 5) is 1.15. The van der Waals surface area contributed by atoms with Crippen LogP contribution >= 0.6 is 0 Å².